The first-order chi connectivity index (χ1) is 13.7. The number of rotatable bonds is 4. The van der Waals surface area contributed by atoms with Crippen molar-refractivity contribution in [2.24, 2.45) is 5.41 Å². The first-order valence-corrected chi connectivity index (χ1v) is 11.8. The number of aromatic nitrogens is 1. The Morgan fingerprint density at radius 2 is 2.00 bits per heavy atom. The van der Waals surface area contributed by atoms with Gasteiger partial charge < -0.3 is 14.2 Å². The highest BCUT2D eigenvalue weighted by Crippen LogP contribution is 2.61. The second-order valence-corrected chi connectivity index (χ2v) is 10.8. The molecule has 5 rings (SSSR count). The van der Waals surface area contributed by atoms with Gasteiger partial charge in [-0.15, -0.1) is 0 Å². The molecule has 2 saturated carbocycles. The maximum Gasteiger partial charge on any atom is 0.287 e. The number of carbonyl (C=O) groups is 1. The molecular formula is C20H20ClN3O4S. The number of halogens is 1. The van der Waals surface area contributed by atoms with Crippen molar-refractivity contribution in [3.63, 3.8) is 0 Å². The van der Waals surface area contributed by atoms with Crippen LogP contribution in [-0.2, 0) is 9.73 Å². The van der Waals surface area contributed by atoms with Crippen molar-refractivity contribution in [2.45, 2.75) is 42.7 Å². The van der Waals surface area contributed by atoms with Gasteiger partial charge in [-0.25, -0.2) is 14.0 Å². The maximum absolute atomic E-state index is 12.3. The van der Waals surface area contributed by atoms with Crippen LogP contribution >= 0.6 is 11.6 Å². The van der Waals surface area contributed by atoms with Crippen LogP contribution in [0.5, 0.6) is 0 Å². The molecular weight excluding hydrogens is 414 g/mol. The van der Waals surface area contributed by atoms with Gasteiger partial charge in [0.2, 0.25) is 0 Å². The number of carbonyl (C=O) groups excluding carboxylic acids is 1. The Hall–Kier alpha value is -2.32. The van der Waals surface area contributed by atoms with Crippen LogP contribution in [0.2, 0.25) is 5.02 Å². The molecule has 9 heteroatoms. The van der Waals surface area contributed by atoms with Crippen LogP contribution in [0.25, 0.3) is 11.1 Å². The molecule has 0 bridgehead atoms. The van der Waals surface area contributed by atoms with Crippen molar-refractivity contribution < 1.29 is 17.8 Å². The molecule has 1 unspecified atom stereocenters. The quantitative estimate of drug-likeness (QED) is 0.626. The third-order valence-corrected chi connectivity index (χ3v) is 7.18. The predicted molar refractivity (Wildman–Crippen MR) is 108 cm³/mol. The molecule has 0 aliphatic heterocycles. The molecule has 7 nitrogen and oxygen atoms in total. The smallest absolute Gasteiger partial charge is 0.287 e. The Morgan fingerprint density at radius 3 is 2.69 bits per heavy atom. The molecule has 1 spiro atoms. The number of amides is 1. The standard InChI is InChI=1S/C20H20ClN3O4S/c1-29(22,26)17-5-4-16(27-17)18(25)23-13-9-20(10-13)7-11(8-20)19-24-14-6-12(21)2-3-15(14)28-19/h2-6,11,13,22H,7-10H2,1H3,(H,23,25)/t11-,13-,20?,29?. The number of nitrogens with one attached hydrogen (secondary N) is 2. The second kappa shape index (κ2) is 6.34. The largest absolute Gasteiger partial charge is 0.441 e. The van der Waals surface area contributed by atoms with Gasteiger partial charge in [0.15, 0.2) is 22.3 Å². The van der Waals surface area contributed by atoms with Crippen LogP contribution in [0.1, 0.15) is 48.0 Å². The zero-order chi connectivity index (χ0) is 20.4. The van der Waals surface area contributed by atoms with E-state index >= 15 is 0 Å². The van der Waals surface area contributed by atoms with Crippen molar-refractivity contribution in [3.05, 3.63) is 47.0 Å². The van der Waals surface area contributed by atoms with E-state index in [2.05, 4.69) is 10.3 Å². The number of hydrogen-bond acceptors (Lipinski definition) is 6. The monoisotopic (exact) mass is 433 g/mol. The van der Waals surface area contributed by atoms with Gasteiger partial charge in [-0.3, -0.25) is 4.79 Å². The molecule has 3 aromatic rings. The summed E-state index contributed by atoms with van der Waals surface area (Å²) < 4.78 is 30.4. The van der Waals surface area contributed by atoms with E-state index in [1.165, 1.54) is 18.4 Å². The lowest BCUT2D eigenvalue weighted by atomic mass is 9.50. The molecule has 1 amide bonds. The average molecular weight is 434 g/mol. The molecule has 29 heavy (non-hydrogen) atoms. The lowest BCUT2D eigenvalue weighted by molar-refractivity contribution is -0.0256. The van der Waals surface area contributed by atoms with Gasteiger partial charge in [0, 0.05) is 23.2 Å². The first kappa shape index (κ1) is 18.7. The van der Waals surface area contributed by atoms with E-state index in [0.29, 0.717) is 10.9 Å². The highest BCUT2D eigenvalue weighted by Gasteiger charge is 2.54. The van der Waals surface area contributed by atoms with Crippen LogP contribution in [0, 0.1) is 10.2 Å². The van der Waals surface area contributed by atoms with E-state index in [0.717, 1.165) is 42.7 Å². The molecule has 1 atom stereocenters. The molecule has 2 heterocycles. The fourth-order valence-corrected chi connectivity index (χ4v) is 5.33. The Kier molecular flexibility index (Phi) is 4.08. The topological polar surface area (TPSA) is 109 Å². The van der Waals surface area contributed by atoms with Crippen LogP contribution in [0.15, 0.2) is 44.3 Å². The number of hydrogen-bond donors (Lipinski definition) is 2. The lowest BCUT2D eigenvalue weighted by Gasteiger charge is -2.57. The molecule has 2 fully saturated rings. The van der Waals surface area contributed by atoms with E-state index in [1.807, 2.05) is 12.1 Å². The third kappa shape index (κ3) is 3.34. The summed E-state index contributed by atoms with van der Waals surface area (Å²) in [6.45, 7) is 0. The Labute approximate surface area is 172 Å². The molecule has 1 aromatic carbocycles. The Morgan fingerprint density at radius 1 is 1.24 bits per heavy atom. The summed E-state index contributed by atoms with van der Waals surface area (Å²) >= 11 is 6.01. The molecule has 2 N–H and O–H groups in total. The Balaban J connectivity index is 1.16. The Bertz CT molecular complexity index is 1220. The predicted octanol–water partition coefficient (Wildman–Crippen LogP) is 4.57. The highest BCUT2D eigenvalue weighted by atomic mass is 35.5. The molecule has 0 radical (unpaired) electrons. The summed E-state index contributed by atoms with van der Waals surface area (Å²) in [6, 6.07) is 8.44. The van der Waals surface area contributed by atoms with E-state index in [-0.39, 0.29) is 28.2 Å². The maximum atomic E-state index is 12.3. The van der Waals surface area contributed by atoms with Crippen LogP contribution in [0.3, 0.4) is 0 Å². The van der Waals surface area contributed by atoms with Gasteiger partial charge in [0.1, 0.15) is 15.2 Å². The van der Waals surface area contributed by atoms with Gasteiger partial charge in [0.25, 0.3) is 5.91 Å². The highest BCUT2D eigenvalue weighted by molar-refractivity contribution is 7.91. The van der Waals surface area contributed by atoms with Gasteiger partial charge in [-0.1, -0.05) is 11.6 Å². The minimum absolute atomic E-state index is 0.0224. The fourth-order valence-electron chi connectivity index (χ4n) is 4.58. The van der Waals surface area contributed by atoms with E-state index in [9.17, 15) is 9.00 Å². The van der Waals surface area contributed by atoms with Gasteiger partial charge in [0.05, 0.1) is 0 Å². The summed E-state index contributed by atoms with van der Waals surface area (Å²) in [7, 11) is -2.96. The van der Waals surface area contributed by atoms with Gasteiger partial charge in [-0.05, 0) is 61.4 Å². The van der Waals surface area contributed by atoms with Crippen LogP contribution < -0.4 is 5.32 Å². The fraction of sp³-hybridized carbons (Fsp3) is 0.400. The van der Waals surface area contributed by atoms with E-state index in [4.69, 9.17) is 25.2 Å². The molecule has 2 aliphatic carbocycles. The van der Waals surface area contributed by atoms with Crippen LogP contribution in [0.4, 0.5) is 0 Å². The lowest BCUT2D eigenvalue weighted by Crippen LogP contribution is -2.55. The summed E-state index contributed by atoms with van der Waals surface area (Å²) in [5, 5.41) is 3.63. The summed E-state index contributed by atoms with van der Waals surface area (Å²) in [4.78, 5) is 16.9. The zero-order valence-corrected chi connectivity index (χ0v) is 17.3. The summed E-state index contributed by atoms with van der Waals surface area (Å²) in [5.41, 5.74) is 1.79. The first-order valence-electron chi connectivity index (χ1n) is 9.41. The molecule has 2 aliphatic rings. The second-order valence-electron chi connectivity index (χ2n) is 8.31. The number of furan rings is 1. The van der Waals surface area contributed by atoms with Gasteiger partial charge >= 0.3 is 0 Å². The normalized spacial score (nSPS) is 27.9. The SMILES string of the molecule is CS(=N)(=O)c1ccc(C(=O)N[C@H]2CC3(C2)C[C@H](c2nc4cc(Cl)ccc4o2)C3)o1. The number of benzene rings is 1. The number of nitrogens with zero attached hydrogens (tertiary/aromatic N) is 1. The van der Waals surface area contributed by atoms with E-state index < -0.39 is 9.73 Å². The van der Waals surface area contributed by atoms with Crippen molar-refractivity contribution >= 4 is 38.3 Å². The van der Waals surface area contributed by atoms with Crippen molar-refractivity contribution in [2.75, 3.05) is 6.26 Å². The van der Waals surface area contributed by atoms with Crippen molar-refractivity contribution in [3.8, 4) is 0 Å². The molecule has 2 aromatic heterocycles. The molecule has 152 valence electrons. The summed E-state index contributed by atoms with van der Waals surface area (Å²) in [6.07, 6.45) is 5.10. The average Bonchev–Trinajstić information content (AvgIpc) is 3.21. The minimum Gasteiger partial charge on any atom is -0.441 e. The van der Waals surface area contributed by atoms with Crippen molar-refractivity contribution in [1.29, 1.82) is 4.78 Å². The van der Waals surface area contributed by atoms with E-state index in [1.54, 1.807) is 6.07 Å². The molecule has 0 saturated heterocycles. The number of oxazole rings is 1. The minimum atomic E-state index is -2.96. The zero-order valence-electron chi connectivity index (χ0n) is 15.7. The third-order valence-electron chi connectivity index (χ3n) is 5.96. The van der Waals surface area contributed by atoms with Crippen molar-refractivity contribution in [1.82, 2.24) is 10.3 Å². The summed E-state index contributed by atoms with van der Waals surface area (Å²) in [5.74, 6) is 0.841. The van der Waals surface area contributed by atoms with Crippen LogP contribution in [-0.4, -0.2) is 27.4 Å². The van der Waals surface area contributed by atoms with Gasteiger partial charge in [-0.2, -0.15) is 0 Å². The number of fused-ring (bicyclic) bond motifs is 1.